The van der Waals surface area contributed by atoms with E-state index in [0.29, 0.717) is 17.4 Å². The van der Waals surface area contributed by atoms with E-state index < -0.39 is 19.7 Å². The smallest absolute Gasteiger partial charge is 0.220 e. The molecule has 0 spiro atoms. The van der Waals surface area contributed by atoms with Crippen LogP contribution in [0.4, 0.5) is 0 Å². The summed E-state index contributed by atoms with van der Waals surface area (Å²) in [5.41, 5.74) is 0. The summed E-state index contributed by atoms with van der Waals surface area (Å²) in [7, 11) is 1.71. The molecule has 0 aliphatic rings. The molecule has 8 heteroatoms. The van der Waals surface area contributed by atoms with Gasteiger partial charge in [-0.2, -0.15) is 0 Å². The molecular formula is C39H79N2O5P. The lowest BCUT2D eigenvalue weighted by Gasteiger charge is -2.31. The van der Waals surface area contributed by atoms with Crippen LogP contribution in [0, 0.1) is 0 Å². The fraction of sp³-hybridized carbons (Fsp3) is 0.923. The van der Waals surface area contributed by atoms with Crippen LogP contribution in [0.15, 0.2) is 12.2 Å². The molecule has 0 aromatic heterocycles. The Balaban J connectivity index is 4.46. The van der Waals surface area contributed by atoms with Gasteiger partial charge in [-0.05, 0) is 19.3 Å². The van der Waals surface area contributed by atoms with Crippen LogP contribution in [0.1, 0.15) is 181 Å². The molecule has 0 heterocycles. The Labute approximate surface area is 292 Å². The van der Waals surface area contributed by atoms with Crippen molar-refractivity contribution in [3.8, 4) is 0 Å². The van der Waals surface area contributed by atoms with Crippen molar-refractivity contribution in [1.29, 1.82) is 0 Å². The summed E-state index contributed by atoms with van der Waals surface area (Å²) in [5, 5.41) is 13.8. The van der Waals surface area contributed by atoms with Gasteiger partial charge in [0, 0.05) is 6.42 Å². The highest BCUT2D eigenvalue weighted by molar-refractivity contribution is 7.51. The summed E-state index contributed by atoms with van der Waals surface area (Å²) in [4.78, 5) is 25.3. The predicted octanol–water partition coefficient (Wildman–Crippen LogP) is 9.85. The molecule has 0 saturated carbocycles. The average molecular weight is 687 g/mol. The van der Waals surface area contributed by atoms with Crippen molar-refractivity contribution in [2.45, 2.75) is 193 Å². The molecule has 7 nitrogen and oxygen atoms in total. The van der Waals surface area contributed by atoms with Crippen molar-refractivity contribution in [1.82, 2.24) is 5.32 Å². The van der Waals surface area contributed by atoms with Gasteiger partial charge in [-0.1, -0.05) is 167 Å². The minimum absolute atomic E-state index is 0.0824. The molecule has 2 N–H and O–H groups in total. The third kappa shape index (κ3) is 33.5. The van der Waals surface area contributed by atoms with Gasteiger partial charge in [0.1, 0.15) is 7.60 Å². The maximum atomic E-state index is 12.8. The van der Waals surface area contributed by atoms with Crippen LogP contribution in [0.25, 0.3) is 0 Å². The van der Waals surface area contributed by atoms with Crippen molar-refractivity contribution >= 4 is 13.5 Å². The number of hydrogen-bond donors (Lipinski definition) is 2. The highest BCUT2D eigenvalue weighted by atomic mass is 31.2. The lowest BCUT2D eigenvalue weighted by atomic mass is 10.0. The number of amides is 1. The minimum atomic E-state index is -4.09. The van der Waals surface area contributed by atoms with Crippen molar-refractivity contribution in [3.05, 3.63) is 12.2 Å². The fourth-order valence-electron chi connectivity index (χ4n) is 5.78. The molecule has 1 amide bonds. The number of quaternary nitrogens is 1. The second-order valence-electron chi connectivity index (χ2n) is 15.1. The van der Waals surface area contributed by atoms with Crippen LogP contribution in [-0.2, 0) is 13.9 Å². The number of carbonyl (C=O) groups is 1. The first kappa shape index (κ1) is 46.3. The summed E-state index contributed by atoms with van der Waals surface area (Å²) in [6, 6.07) is -0.801. The van der Waals surface area contributed by atoms with Gasteiger partial charge in [0.05, 0.1) is 52.6 Å². The number of rotatable bonds is 35. The van der Waals surface area contributed by atoms with E-state index in [9.17, 15) is 19.4 Å². The molecule has 0 aliphatic carbocycles. The highest BCUT2D eigenvalue weighted by Crippen LogP contribution is 2.37. The van der Waals surface area contributed by atoms with E-state index in [1.54, 1.807) is 6.08 Å². The lowest BCUT2D eigenvalue weighted by molar-refractivity contribution is -0.868. The Hall–Kier alpha value is -0.720. The topological polar surface area (TPSA) is 98.7 Å². The maximum absolute atomic E-state index is 12.8. The number of nitrogens with zero attached hydrogens (tertiary/aromatic N) is 1. The Kier molecular flexibility index (Phi) is 30.8. The zero-order chi connectivity index (χ0) is 35.1. The van der Waals surface area contributed by atoms with Gasteiger partial charge >= 0.3 is 0 Å². The summed E-state index contributed by atoms with van der Waals surface area (Å²) in [6.45, 7) is 4.68. The third-order valence-electron chi connectivity index (χ3n) is 9.07. The summed E-state index contributed by atoms with van der Waals surface area (Å²) >= 11 is 0. The van der Waals surface area contributed by atoms with E-state index in [1.807, 2.05) is 27.2 Å². The SMILES string of the molecule is CCCCCCCCCCCCC/C=C/[C@@H](O)[C@H](COP(=O)([O-])CC[N+](C)(C)C)NC(=O)CCCCCCCCCCCCCCC. The standard InChI is InChI=1S/C39H79N2O5P/c1-6-8-10-12-14-16-18-20-22-24-26-28-30-32-38(42)37(36-46-47(44,45)35-34-41(3,4)5)40-39(43)33-31-29-27-25-23-21-19-17-15-13-11-9-7-2/h30,32,37-38,42H,6-29,31,33-36H2,1-5H3,(H-,40,43,44,45)/b32-30+/t37-,38+/m0/s1. The van der Waals surface area contributed by atoms with Crippen LogP contribution < -0.4 is 10.2 Å². The molecule has 0 saturated heterocycles. The molecule has 0 aromatic carbocycles. The number of carbonyl (C=O) groups excluding carboxylic acids is 1. The first-order chi connectivity index (χ1) is 22.5. The first-order valence-electron chi connectivity index (χ1n) is 19.9. The Morgan fingerprint density at radius 3 is 1.55 bits per heavy atom. The van der Waals surface area contributed by atoms with Crippen LogP contribution in [0.3, 0.4) is 0 Å². The molecule has 1 unspecified atom stereocenters. The number of nitrogens with one attached hydrogen (secondary N) is 1. The van der Waals surface area contributed by atoms with Gasteiger partial charge < -0.3 is 28.9 Å². The van der Waals surface area contributed by atoms with E-state index in [-0.39, 0.29) is 18.7 Å². The summed E-state index contributed by atoms with van der Waals surface area (Å²) < 4.78 is 18.4. The van der Waals surface area contributed by atoms with E-state index in [1.165, 1.54) is 128 Å². The van der Waals surface area contributed by atoms with Gasteiger partial charge in [-0.3, -0.25) is 4.79 Å². The Morgan fingerprint density at radius 1 is 0.723 bits per heavy atom. The van der Waals surface area contributed by atoms with Crippen LogP contribution >= 0.6 is 7.60 Å². The second-order valence-corrected chi connectivity index (χ2v) is 17.0. The van der Waals surface area contributed by atoms with E-state index >= 15 is 0 Å². The lowest BCUT2D eigenvalue weighted by Crippen LogP contribution is -2.46. The average Bonchev–Trinajstić information content (AvgIpc) is 3.02. The normalized spacial score (nSPS) is 14.8. The molecule has 0 radical (unpaired) electrons. The Bertz CT molecular complexity index is 786. The molecule has 0 aromatic rings. The number of unbranched alkanes of at least 4 members (excludes halogenated alkanes) is 23. The van der Waals surface area contributed by atoms with Gasteiger partial charge in [-0.15, -0.1) is 0 Å². The zero-order valence-corrected chi connectivity index (χ0v) is 32.7. The van der Waals surface area contributed by atoms with Gasteiger partial charge in [0.2, 0.25) is 5.91 Å². The van der Waals surface area contributed by atoms with E-state index in [4.69, 9.17) is 4.52 Å². The fourth-order valence-corrected chi connectivity index (χ4v) is 7.15. The van der Waals surface area contributed by atoms with Gasteiger partial charge in [0.15, 0.2) is 0 Å². The van der Waals surface area contributed by atoms with Gasteiger partial charge in [-0.25, -0.2) is 0 Å². The first-order valence-corrected chi connectivity index (χ1v) is 21.6. The second kappa shape index (κ2) is 31.3. The Morgan fingerprint density at radius 2 is 1.13 bits per heavy atom. The van der Waals surface area contributed by atoms with Gasteiger partial charge in [0.25, 0.3) is 0 Å². The number of aliphatic hydroxyl groups excluding tert-OH is 1. The summed E-state index contributed by atoms with van der Waals surface area (Å²) in [6.07, 6.45) is 34.2. The number of aliphatic hydroxyl groups is 1. The predicted molar refractivity (Wildman–Crippen MR) is 200 cm³/mol. The zero-order valence-electron chi connectivity index (χ0n) is 31.8. The molecule has 0 fully saturated rings. The van der Waals surface area contributed by atoms with Crippen LogP contribution in [0.5, 0.6) is 0 Å². The molecule has 0 aliphatic heterocycles. The van der Waals surface area contributed by atoms with Crippen molar-refractivity contribution in [2.24, 2.45) is 0 Å². The van der Waals surface area contributed by atoms with E-state index in [2.05, 4.69) is 19.2 Å². The quantitative estimate of drug-likeness (QED) is 0.0299. The molecule has 0 bridgehead atoms. The molecule has 280 valence electrons. The van der Waals surface area contributed by atoms with Crippen molar-refractivity contribution in [3.63, 3.8) is 0 Å². The van der Waals surface area contributed by atoms with Crippen molar-refractivity contribution in [2.75, 3.05) is 40.5 Å². The molecule has 0 rings (SSSR count). The van der Waals surface area contributed by atoms with Crippen molar-refractivity contribution < 1.29 is 28.4 Å². The number of hydrogen-bond acceptors (Lipinski definition) is 5. The molecular weight excluding hydrogens is 607 g/mol. The van der Waals surface area contributed by atoms with Crippen LogP contribution in [-0.4, -0.2) is 68.1 Å². The minimum Gasteiger partial charge on any atom is -0.778 e. The molecule has 3 atom stereocenters. The number of allylic oxidation sites excluding steroid dienone is 1. The third-order valence-corrected chi connectivity index (χ3v) is 10.4. The molecule has 47 heavy (non-hydrogen) atoms. The van der Waals surface area contributed by atoms with E-state index in [0.717, 1.165) is 32.1 Å². The maximum Gasteiger partial charge on any atom is 0.220 e. The highest BCUT2D eigenvalue weighted by Gasteiger charge is 2.23. The monoisotopic (exact) mass is 687 g/mol. The largest absolute Gasteiger partial charge is 0.778 e. The van der Waals surface area contributed by atoms with Crippen LogP contribution in [0.2, 0.25) is 0 Å². The summed E-state index contributed by atoms with van der Waals surface area (Å²) in [5.74, 6) is -0.161.